The Labute approximate surface area is 110 Å². The van der Waals surface area contributed by atoms with Crippen molar-refractivity contribution in [3.8, 4) is 5.75 Å². The van der Waals surface area contributed by atoms with Crippen molar-refractivity contribution in [3.05, 3.63) is 53.6 Å². The van der Waals surface area contributed by atoms with E-state index in [2.05, 4.69) is 9.97 Å². The number of hydrogen-bond acceptors (Lipinski definition) is 4. The zero-order chi connectivity index (χ0) is 13.7. The van der Waals surface area contributed by atoms with Crippen molar-refractivity contribution in [2.24, 2.45) is 0 Å². The Hall–Kier alpha value is -2.43. The molecule has 0 atom stereocenters. The minimum Gasteiger partial charge on any atom is -0.497 e. The van der Waals surface area contributed by atoms with Crippen molar-refractivity contribution in [2.45, 2.75) is 12.8 Å². The van der Waals surface area contributed by atoms with Crippen LogP contribution in [-0.4, -0.2) is 28.2 Å². The van der Waals surface area contributed by atoms with Gasteiger partial charge in [-0.05, 0) is 36.6 Å². The highest BCUT2D eigenvalue weighted by Gasteiger charge is 2.07. The number of ether oxygens (including phenoxy) is 1. The number of carbonyl (C=O) groups is 1. The van der Waals surface area contributed by atoms with E-state index in [1.165, 1.54) is 6.20 Å². The highest BCUT2D eigenvalue weighted by Crippen LogP contribution is 2.13. The van der Waals surface area contributed by atoms with E-state index in [0.717, 1.165) is 23.4 Å². The fourth-order valence-electron chi connectivity index (χ4n) is 1.70. The van der Waals surface area contributed by atoms with E-state index in [-0.39, 0.29) is 5.82 Å². The predicted octanol–water partition coefficient (Wildman–Crippen LogP) is 1.97. The summed E-state index contributed by atoms with van der Waals surface area (Å²) < 4.78 is 5.09. The van der Waals surface area contributed by atoms with Gasteiger partial charge in [-0.25, -0.2) is 14.8 Å². The number of carboxylic acids is 1. The molecule has 1 heterocycles. The number of aryl methyl sites for hydroxylation is 2. The number of methoxy groups -OCH3 is 1. The molecule has 2 rings (SSSR count). The summed E-state index contributed by atoms with van der Waals surface area (Å²) in [6.07, 6.45) is 2.94. The van der Waals surface area contributed by atoms with Gasteiger partial charge >= 0.3 is 5.97 Å². The Kier molecular flexibility index (Phi) is 4.07. The number of carboxylic acid groups (broad SMARTS) is 1. The van der Waals surface area contributed by atoms with Gasteiger partial charge in [0.15, 0.2) is 0 Å². The summed E-state index contributed by atoms with van der Waals surface area (Å²) in [6, 6.07) is 9.50. The molecule has 5 heteroatoms. The van der Waals surface area contributed by atoms with Gasteiger partial charge in [0, 0.05) is 11.9 Å². The van der Waals surface area contributed by atoms with Crippen LogP contribution in [0.15, 0.2) is 36.5 Å². The summed E-state index contributed by atoms with van der Waals surface area (Å²) in [6.45, 7) is 0. The first-order valence-electron chi connectivity index (χ1n) is 5.87. The number of hydrogen-bond donors (Lipinski definition) is 1. The Morgan fingerprint density at radius 3 is 2.58 bits per heavy atom. The standard InChI is InChI=1S/C14H14N2O3/c1-19-12-6-3-10(4-7-12)2-5-11-8-9-15-13(16-11)14(17)18/h3-4,6-9H,2,5H2,1H3,(H,17,18). The fraction of sp³-hybridized carbons (Fsp3) is 0.214. The van der Waals surface area contributed by atoms with E-state index in [1.807, 2.05) is 24.3 Å². The first-order chi connectivity index (χ1) is 9.19. The van der Waals surface area contributed by atoms with E-state index >= 15 is 0 Å². The molecule has 0 saturated heterocycles. The van der Waals surface area contributed by atoms with Crippen LogP contribution in [0.4, 0.5) is 0 Å². The maximum absolute atomic E-state index is 10.8. The van der Waals surface area contributed by atoms with Gasteiger partial charge in [-0.15, -0.1) is 0 Å². The molecule has 98 valence electrons. The maximum atomic E-state index is 10.8. The van der Waals surface area contributed by atoms with Gasteiger partial charge in [0.25, 0.3) is 0 Å². The molecule has 0 saturated carbocycles. The quantitative estimate of drug-likeness (QED) is 0.887. The zero-order valence-electron chi connectivity index (χ0n) is 10.5. The molecule has 0 fully saturated rings. The summed E-state index contributed by atoms with van der Waals surface area (Å²) in [5.74, 6) is -0.447. The minimum absolute atomic E-state index is 0.160. The van der Waals surface area contributed by atoms with Crippen LogP contribution in [0.5, 0.6) is 5.75 Å². The van der Waals surface area contributed by atoms with Crippen LogP contribution in [0.3, 0.4) is 0 Å². The number of rotatable bonds is 5. The molecule has 1 N–H and O–H groups in total. The molecule has 19 heavy (non-hydrogen) atoms. The molecular formula is C14H14N2O3. The average molecular weight is 258 g/mol. The third-order valence-electron chi connectivity index (χ3n) is 2.73. The Morgan fingerprint density at radius 1 is 1.21 bits per heavy atom. The summed E-state index contributed by atoms with van der Waals surface area (Å²) in [5.41, 5.74) is 1.87. The molecule has 2 aromatic rings. The van der Waals surface area contributed by atoms with Crippen LogP contribution in [0.1, 0.15) is 21.9 Å². The van der Waals surface area contributed by atoms with Gasteiger partial charge in [0.2, 0.25) is 5.82 Å². The van der Waals surface area contributed by atoms with Gasteiger partial charge in [0.1, 0.15) is 5.75 Å². The first kappa shape index (κ1) is 13.0. The van der Waals surface area contributed by atoms with Gasteiger partial charge in [-0.1, -0.05) is 12.1 Å². The molecule has 0 aliphatic rings. The lowest BCUT2D eigenvalue weighted by atomic mass is 10.1. The summed E-state index contributed by atoms with van der Waals surface area (Å²) in [7, 11) is 1.63. The fourth-order valence-corrected chi connectivity index (χ4v) is 1.70. The average Bonchev–Trinajstić information content (AvgIpc) is 2.46. The van der Waals surface area contributed by atoms with Crippen LogP contribution >= 0.6 is 0 Å². The van der Waals surface area contributed by atoms with E-state index in [0.29, 0.717) is 6.42 Å². The lowest BCUT2D eigenvalue weighted by Gasteiger charge is -2.04. The highest BCUT2D eigenvalue weighted by molar-refractivity contribution is 5.82. The molecule has 0 bridgehead atoms. The molecule has 0 aliphatic carbocycles. The van der Waals surface area contributed by atoms with Gasteiger partial charge < -0.3 is 9.84 Å². The molecule has 0 amide bonds. The smallest absolute Gasteiger partial charge is 0.373 e. The molecule has 5 nitrogen and oxygen atoms in total. The van der Waals surface area contributed by atoms with Gasteiger partial charge in [-0.2, -0.15) is 0 Å². The number of nitrogens with zero attached hydrogens (tertiary/aromatic N) is 2. The molecule has 0 spiro atoms. The summed E-state index contributed by atoms with van der Waals surface area (Å²) in [5, 5.41) is 8.81. The van der Waals surface area contributed by atoms with Crippen LogP contribution in [-0.2, 0) is 12.8 Å². The Balaban J connectivity index is 2.01. The number of aromatic carboxylic acids is 1. The monoisotopic (exact) mass is 258 g/mol. The first-order valence-corrected chi connectivity index (χ1v) is 5.87. The van der Waals surface area contributed by atoms with Crippen molar-refractivity contribution in [3.63, 3.8) is 0 Å². The third kappa shape index (κ3) is 3.51. The van der Waals surface area contributed by atoms with E-state index in [4.69, 9.17) is 9.84 Å². The van der Waals surface area contributed by atoms with E-state index in [1.54, 1.807) is 13.2 Å². The van der Waals surface area contributed by atoms with Crippen LogP contribution < -0.4 is 4.74 Å². The second kappa shape index (κ2) is 5.95. The maximum Gasteiger partial charge on any atom is 0.373 e. The van der Waals surface area contributed by atoms with Crippen molar-refractivity contribution >= 4 is 5.97 Å². The second-order valence-electron chi connectivity index (χ2n) is 4.02. The summed E-state index contributed by atoms with van der Waals surface area (Å²) >= 11 is 0. The Bertz CT molecular complexity index is 567. The lowest BCUT2D eigenvalue weighted by Crippen LogP contribution is -2.06. The topological polar surface area (TPSA) is 72.3 Å². The number of benzene rings is 1. The molecular weight excluding hydrogens is 244 g/mol. The molecule has 0 unspecified atom stereocenters. The van der Waals surface area contributed by atoms with Crippen LogP contribution in [0, 0.1) is 0 Å². The SMILES string of the molecule is COc1ccc(CCc2ccnc(C(=O)O)n2)cc1. The third-order valence-corrected chi connectivity index (χ3v) is 2.73. The molecule has 0 aliphatic heterocycles. The largest absolute Gasteiger partial charge is 0.497 e. The van der Waals surface area contributed by atoms with Crippen LogP contribution in [0.25, 0.3) is 0 Å². The van der Waals surface area contributed by atoms with E-state index in [9.17, 15) is 4.79 Å². The highest BCUT2D eigenvalue weighted by atomic mass is 16.5. The predicted molar refractivity (Wildman–Crippen MR) is 69.4 cm³/mol. The molecule has 1 aromatic carbocycles. The minimum atomic E-state index is -1.11. The van der Waals surface area contributed by atoms with Crippen molar-refractivity contribution < 1.29 is 14.6 Å². The molecule has 1 aromatic heterocycles. The normalized spacial score (nSPS) is 10.2. The Morgan fingerprint density at radius 2 is 1.95 bits per heavy atom. The van der Waals surface area contributed by atoms with Gasteiger partial charge in [0.05, 0.1) is 7.11 Å². The number of aromatic nitrogens is 2. The van der Waals surface area contributed by atoms with Crippen LogP contribution in [0.2, 0.25) is 0 Å². The van der Waals surface area contributed by atoms with Gasteiger partial charge in [-0.3, -0.25) is 0 Å². The van der Waals surface area contributed by atoms with Crippen molar-refractivity contribution in [1.82, 2.24) is 9.97 Å². The molecule has 0 radical (unpaired) electrons. The van der Waals surface area contributed by atoms with Crippen molar-refractivity contribution in [2.75, 3.05) is 7.11 Å². The zero-order valence-corrected chi connectivity index (χ0v) is 10.5. The lowest BCUT2D eigenvalue weighted by molar-refractivity contribution is 0.0683. The van der Waals surface area contributed by atoms with E-state index < -0.39 is 5.97 Å². The second-order valence-corrected chi connectivity index (χ2v) is 4.02. The summed E-state index contributed by atoms with van der Waals surface area (Å²) in [4.78, 5) is 18.4. The van der Waals surface area contributed by atoms with Crippen molar-refractivity contribution in [1.29, 1.82) is 0 Å².